The van der Waals surface area contributed by atoms with Crippen LogP contribution >= 0.6 is 0 Å². The SMILES string of the molecule is CCc1ccccc1NC(=O)CN1C(=O)NC(C)(c2cccc([N+](=O)[O-])c2)C1=O. The molecule has 9 nitrogen and oxygen atoms in total. The second-order valence-corrected chi connectivity index (χ2v) is 6.81. The Bertz CT molecular complexity index is 1010. The summed E-state index contributed by atoms with van der Waals surface area (Å²) < 4.78 is 0. The van der Waals surface area contributed by atoms with Crippen LogP contribution < -0.4 is 10.6 Å². The number of nitrogens with zero attached hydrogens (tertiary/aromatic N) is 2. The number of para-hydroxylation sites is 1. The summed E-state index contributed by atoms with van der Waals surface area (Å²) >= 11 is 0. The number of rotatable bonds is 6. The van der Waals surface area contributed by atoms with Gasteiger partial charge < -0.3 is 10.6 Å². The molecule has 0 spiro atoms. The summed E-state index contributed by atoms with van der Waals surface area (Å²) in [6.07, 6.45) is 0.713. The van der Waals surface area contributed by atoms with Crippen LogP contribution in [0.3, 0.4) is 0 Å². The van der Waals surface area contributed by atoms with Gasteiger partial charge in [0.2, 0.25) is 5.91 Å². The summed E-state index contributed by atoms with van der Waals surface area (Å²) in [6, 6.07) is 12.0. The van der Waals surface area contributed by atoms with Gasteiger partial charge in [-0.25, -0.2) is 4.79 Å². The lowest BCUT2D eigenvalue weighted by Gasteiger charge is -2.22. The van der Waals surface area contributed by atoms with Gasteiger partial charge in [0, 0.05) is 17.8 Å². The van der Waals surface area contributed by atoms with Gasteiger partial charge in [0.05, 0.1) is 4.92 Å². The van der Waals surface area contributed by atoms with Crippen LogP contribution in [0.4, 0.5) is 16.2 Å². The van der Waals surface area contributed by atoms with E-state index in [0.717, 1.165) is 10.5 Å². The fourth-order valence-electron chi connectivity index (χ4n) is 3.25. The molecule has 3 rings (SSSR count). The highest BCUT2D eigenvalue weighted by atomic mass is 16.6. The molecule has 1 fully saturated rings. The van der Waals surface area contributed by atoms with E-state index in [0.29, 0.717) is 12.1 Å². The largest absolute Gasteiger partial charge is 0.325 e. The monoisotopic (exact) mass is 396 g/mol. The maximum Gasteiger partial charge on any atom is 0.325 e. The zero-order chi connectivity index (χ0) is 21.2. The Morgan fingerprint density at radius 3 is 2.62 bits per heavy atom. The van der Waals surface area contributed by atoms with Crippen LogP contribution in [0.15, 0.2) is 48.5 Å². The molecule has 4 amide bonds. The number of nitro groups is 1. The molecule has 1 aliphatic rings. The van der Waals surface area contributed by atoms with E-state index in [2.05, 4.69) is 10.6 Å². The molecule has 0 aliphatic carbocycles. The van der Waals surface area contributed by atoms with E-state index in [9.17, 15) is 24.5 Å². The van der Waals surface area contributed by atoms with Crippen molar-refractivity contribution in [3.8, 4) is 0 Å². The average molecular weight is 396 g/mol. The average Bonchev–Trinajstić information content (AvgIpc) is 2.92. The number of urea groups is 1. The number of anilines is 1. The lowest BCUT2D eigenvalue weighted by atomic mass is 9.91. The molecule has 0 aromatic heterocycles. The summed E-state index contributed by atoms with van der Waals surface area (Å²) in [5, 5.41) is 16.3. The van der Waals surface area contributed by atoms with E-state index < -0.39 is 34.9 Å². The number of nitrogens with one attached hydrogen (secondary N) is 2. The molecule has 0 radical (unpaired) electrons. The molecular weight excluding hydrogens is 376 g/mol. The lowest BCUT2D eigenvalue weighted by molar-refractivity contribution is -0.385. The highest BCUT2D eigenvalue weighted by Gasteiger charge is 2.49. The molecule has 1 aliphatic heterocycles. The van der Waals surface area contributed by atoms with Crippen molar-refractivity contribution in [2.75, 3.05) is 11.9 Å². The first-order chi connectivity index (χ1) is 13.8. The standard InChI is InChI=1S/C20H20N4O5/c1-3-13-7-4-5-10-16(13)21-17(25)12-23-18(26)20(2,22-19(23)27)14-8-6-9-15(11-14)24(28)29/h4-11H,3,12H2,1-2H3,(H,21,25)(H,22,27). The summed E-state index contributed by atoms with van der Waals surface area (Å²) in [5.74, 6) is -1.17. The van der Waals surface area contributed by atoms with E-state index >= 15 is 0 Å². The molecular formula is C20H20N4O5. The predicted molar refractivity (Wildman–Crippen MR) is 105 cm³/mol. The van der Waals surface area contributed by atoms with Crippen molar-refractivity contribution in [2.24, 2.45) is 0 Å². The summed E-state index contributed by atoms with van der Waals surface area (Å²) in [5.41, 5.74) is 0.125. The molecule has 0 saturated carbocycles. The Labute approximate surface area is 166 Å². The van der Waals surface area contributed by atoms with Crippen molar-refractivity contribution in [2.45, 2.75) is 25.8 Å². The zero-order valence-corrected chi connectivity index (χ0v) is 16.0. The van der Waals surface area contributed by atoms with Crippen molar-refractivity contribution < 1.29 is 19.3 Å². The van der Waals surface area contributed by atoms with Gasteiger partial charge in [-0.15, -0.1) is 0 Å². The molecule has 1 saturated heterocycles. The van der Waals surface area contributed by atoms with Crippen LogP contribution in [-0.4, -0.2) is 34.2 Å². The number of nitro benzene ring substituents is 1. The molecule has 2 aromatic rings. The topological polar surface area (TPSA) is 122 Å². The Hall–Kier alpha value is -3.75. The number of hydrogen-bond donors (Lipinski definition) is 2. The molecule has 29 heavy (non-hydrogen) atoms. The van der Waals surface area contributed by atoms with Crippen molar-refractivity contribution >= 4 is 29.2 Å². The summed E-state index contributed by atoms with van der Waals surface area (Å²) in [6.45, 7) is 2.94. The number of benzene rings is 2. The summed E-state index contributed by atoms with van der Waals surface area (Å²) in [7, 11) is 0. The second kappa shape index (κ2) is 7.70. The first-order valence-electron chi connectivity index (χ1n) is 9.03. The molecule has 1 atom stereocenters. The van der Waals surface area contributed by atoms with Crippen molar-refractivity contribution in [1.82, 2.24) is 10.2 Å². The number of carbonyl (C=O) groups is 3. The highest BCUT2D eigenvalue weighted by Crippen LogP contribution is 2.30. The second-order valence-electron chi connectivity index (χ2n) is 6.81. The van der Waals surface area contributed by atoms with Gasteiger partial charge >= 0.3 is 6.03 Å². The molecule has 1 heterocycles. The smallest absolute Gasteiger partial charge is 0.324 e. The van der Waals surface area contributed by atoms with Crippen LogP contribution in [0, 0.1) is 10.1 Å². The van der Waals surface area contributed by atoms with Crippen molar-refractivity contribution in [3.63, 3.8) is 0 Å². The highest BCUT2D eigenvalue weighted by molar-refractivity contribution is 6.10. The third-order valence-electron chi connectivity index (χ3n) is 4.88. The van der Waals surface area contributed by atoms with E-state index in [1.54, 1.807) is 12.1 Å². The Morgan fingerprint density at radius 2 is 1.93 bits per heavy atom. The van der Waals surface area contributed by atoms with Crippen molar-refractivity contribution in [1.29, 1.82) is 0 Å². The van der Waals surface area contributed by atoms with Crippen LogP contribution in [0.2, 0.25) is 0 Å². The lowest BCUT2D eigenvalue weighted by Crippen LogP contribution is -2.42. The van der Waals surface area contributed by atoms with Gasteiger partial charge in [-0.2, -0.15) is 0 Å². The fraction of sp³-hybridized carbons (Fsp3) is 0.250. The van der Waals surface area contributed by atoms with Crippen LogP contribution in [0.1, 0.15) is 25.0 Å². The normalized spacial score (nSPS) is 18.5. The van der Waals surface area contributed by atoms with Crippen LogP contribution in [-0.2, 0) is 21.5 Å². The Balaban J connectivity index is 1.79. The van der Waals surface area contributed by atoms with Gasteiger partial charge in [0.25, 0.3) is 11.6 Å². The van der Waals surface area contributed by atoms with E-state index in [1.807, 2.05) is 19.1 Å². The molecule has 150 valence electrons. The maximum atomic E-state index is 12.9. The first kappa shape index (κ1) is 20.0. The number of hydrogen-bond acceptors (Lipinski definition) is 5. The van der Waals surface area contributed by atoms with E-state index in [1.165, 1.54) is 31.2 Å². The molecule has 1 unspecified atom stereocenters. The third-order valence-corrected chi connectivity index (χ3v) is 4.88. The number of imide groups is 1. The quantitative estimate of drug-likeness (QED) is 0.441. The van der Waals surface area contributed by atoms with Gasteiger partial charge in [-0.1, -0.05) is 37.3 Å². The van der Waals surface area contributed by atoms with E-state index in [-0.39, 0.29) is 11.3 Å². The van der Waals surface area contributed by atoms with Crippen LogP contribution in [0.5, 0.6) is 0 Å². The van der Waals surface area contributed by atoms with Gasteiger partial charge in [-0.3, -0.25) is 24.6 Å². The molecule has 2 aromatic carbocycles. The predicted octanol–water partition coefficient (Wildman–Crippen LogP) is 2.56. The Morgan fingerprint density at radius 1 is 1.21 bits per heavy atom. The van der Waals surface area contributed by atoms with Crippen LogP contribution in [0.25, 0.3) is 0 Å². The third kappa shape index (κ3) is 3.79. The maximum absolute atomic E-state index is 12.9. The number of amides is 4. The minimum atomic E-state index is -1.50. The molecule has 2 N–H and O–H groups in total. The Kier molecular flexibility index (Phi) is 5.31. The minimum Gasteiger partial charge on any atom is -0.324 e. The van der Waals surface area contributed by atoms with Gasteiger partial charge in [-0.05, 0) is 30.5 Å². The van der Waals surface area contributed by atoms with Gasteiger partial charge in [0.15, 0.2) is 0 Å². The van der Waals surface area contributed by atoms with Crippen molar-refractivity contribution in [3.05, 3.63) is 69.8 Å². The first-order valence-corrected chi connectivity index (χ1v) is 9.03. The minimum absolute atomic E-state index is 0.196. The van der Waals surface area contributed by atoms with Gasteiger partial charge in [0.1, 0.15) is 12.1 Å². The number of aryl methyl sites for hydroxylation is 1. The number of non-ortho nitro benzene ring substituents is 1. The number of carbonyl (C=O) groups excluding carboxylic acids is 3. The molecule has 9 heteroatoms. The fourth-order valence-corrected chi connectivity index (χ4v) is 3.25. The zero-order valence-electron chi connectivity index (χ0n) is 16.0. The van der Waals surface area contributed by atoms with E-state index in [4.69, 9.17) is 0 Å². The molecule has 0 bridgehead atoms. The summed E-state index contributed by atoms with van der Waals surface area (Å²) in [4.78, 5) is 49.0.